The lowest BCUT2D eigenvalue weighted by molar-refractivity contribution is -0.633. The summed E-state index contributed by atoms with van der Waals surface area (Å²) in [6.45, 7) is 11.1. The fourth-order valence-corrected chi connectivity index (χ4v) is 5.71. The average Bonchev–Trinajstić information content (AvgIpc) is 3.09. The molecule has 156 valence electrons. The molecule has 2 heterocycles. The number of halogens is 1. The van der Waals surface area contributed by atoms with Crippen molar-refractivity contribution in [3.05, 3.63) is 71.5 Å². The van der Waals surface area contributed by atoms with Gasteiger partial charge in [0.1, 0.15) is 24.0 Å². The first-order valence-corrected chi connectivity index (χ1v) is 14.2. The molecule has 0 saturated heterocycles. The highest BCUT2D eigenvalue weighted by molar-refractivity contribution is 6.88. The lowest BCUT2D eigenvalue weighted by atomic mass is 9.96. The monoisotopic (exact) mass is 428 g/mol. The van der Waals surface area contributed by atoms with E-state index in [0.29, 0.717) is 5.39 Å². The van der Waals surface area contributed by atoms with Crippen LogP contribution in [-0.4, -0.2) is 8.07 Å². The minimum absolute atomic E-state index is 0.187. The molecule has 0 aliphatic rings. The molecule has 0 fully saturated rings. The Bertz CT molecular complexity index is 1510. The molecule has 0 atom stereocenters. The van der Waals surface area contributed by atoms with Gasteiger partial charge in [0.25, 0.3) is 0 Å². The summed E-state index contributed by atoms with van der Waals surface area (Å²) in [4.78, 5) is 0. The van der Waals surface area contributed by atoms with Crippen LogP contribution < -0.4 is 9.75 Å². The summed E-state index contributed by atoms with van der Waals surface area (Å²) in [7, 11) is 0.484. The summed E-state index contributed by atoms with van der Waals surface area (Å²) < 4.78 is 23.9. The summed E-state index contributed by atoms with van der Waals surface area (Å²) >= 11 is 0. The van der Waals surface area contributed by atoms with Crippen LogP contribution in [0.2, 0.25) is 19.6 Å². The van der Waals surface area contributed by atoms with Crippen molar-refractivity contribution >= 4 is 46.1 Å². The second-order valence-corrected chi connectivity index (χ2v) is 14.7. The van der Waals surface area contributed by atoms with Crippen LogP contribution in [0.25, 0.3) is 44.1 Å². The predicted octanol–water partition coefficient (Wildman–Crippen LogP) is 6.53. The second kappa shape index (κ2) is 6.76. The van der Waals surface area contributed by atoms with Crippen LogP contribution in [0.3, 0.4) is 0 Å². The number of benzene rings is 3. The van der Waals surface area contributed by atoms with E-state index in [0.717, 1.165) is 44.3 Å². The number of fused-ring (bicyclic) bond motifs is 4. The van der Waals surface area contributed by atoms with Crippen molar-refractivity contribution in [1.82, 2.24) is 0 Å². The molecule has 0 aliphatic carbocycles. The van der Waals surface area contributed by atoms with Crippen LogP contribution >= 0.6 is 0 Å². The SMILES string of the molecule is Cc1cc2c(oc3ccccc32)c(-c2cc(F)c3cc([Si](C)(C)C)ccc3[n+]2C)c1C. The van der Waals surface area contributed by atoms with Crippen molar-refractivity contribution in [1.29, 1.82) is 0 Å². The van der Waals surface area contributed by atoms with Crippen molar-refractivity contribution in [2.45, 2.75) is 33.5 Å². The van der Waals surface area contributed by atoms with E-state index in [1.807, 2.05) is 31.3 Å². The van der Waals surface area contributed by atoms with Gasteiger partial charge in [-0.15, -0.1) is 0 Å². The molecule has 0 aliphatic heterocycles. The summed E-state index contributed by atoms with van der Waals surface area (Å²) in [6, 6.07) is 18.2. The number of para-hydroxylation sites is 1. The van der Waals surface area contributed by atoms with Gasteiger partial charge in [-0.05, 0) is 43.2 Å². The van der Waals surface area contributed by atoms with E-state index in [2.05, 4.69) is 62.3 Å². The van der Waals surface area contributed by atoms with Gasteiger partial charge in [-0.3, -0.25) is 0 Å². The zero-order chi connectivity index (χ0) is 22.1. The Morgan fingerprint density at radius 2 is 1.61 bits per heavy atom. The molecule has 5 aromatic rings. The maximum absolute atomic E-state index is 15.5. The number of hydrogen-bond donors (Lipinski definition) is 0. The normalized spacial score (nSPS) is 12.4. The molecule has 0 radical (unpaired) electrons. The largest absolute Gasteiger partial charge is 0.455 e. The number of nitrogens with zero attached hydrogens (tertiary/aromatic N) is 1. The van der Waals surface area contributed by atoms with Gasteiger partial charge in [0, 0.05) is 22.9 Å². The molecular formula is C27H27FNOSi+. The molecule has 0 N–H and O–H groups in total. The molecular weight excluding hydrogens is 401 g/mol. The van der Waals surface area contributed by atoms with Crippen LogP contribution in [0.4, 0.5) is 4.39 Å². The van der Waals surface area contributed by atoms with E-state index in [9.17, 15) is 0 Å². The van der Waals surface area contributed by atoms with Crippen molar-refractivity contribution in [2.75, 3.05) is 0 Å². The number of furan rings is 1. The number of rotatable bonds is 2. The maximum atomic E-state index is 15.5. The van der Waals surface area contributed by atoms with E-state index >= 15 is 4.39 Å². The quantitative estimate of drug-likeness (QED) is 0.231. The molecule has 2 nitrogen and oxygen atoms in total. The predicted molar refractivity (Wildman–Crippen MR) is 130 cm³/mol. The summed E-state index contributed by atoms with van der Waals surface area (Å²) in [5, 5.41) is 4.10. The van der Waals surface area contributed by atoms with Gasteiger partial charge in [0.15, 0.2) is 0 Å². The summed E-state index contributed by atoms with van der Waals surface area (Å²) in [6.07, 6.45) is 0. The zero-order valence-electron chi connectivity index (χ0n) is 18.9. The van der Waals surface area contributed by atoms with Crippen LogP contribution in [0, 0.1) is 19.7 Å². The maximum Gasteiger partial charge on any atom is 0.219 e. The van der Waals surface area contributed by atoms with Crippen LogP contribution in [-0.2, 0) is 7.05 Å². The molecule has 0 unspecified atom stereocenters. The van der Waals surface area contributed by atoms with Crippen molar-refractivity contribution in [2.24, 2.45) is 7.05 Å². The third kappa shape index (κ3) is 3.00. The molecule has 4 heteroatoms. The number of aromatic nitrogens is 1. The third-order valence-electron chi connectivity index (χ3n) is 6.55. The topological polar surface area (TPSA) is 17.0 Å². The van der Waals surface area contributed by atoms with Gasteiger partial charge in [0.2, 0.25) is 11.2 Å². The van der Waals surface area contributed by atoms with Crippen molar-refractivity contribution in [3.63, 3.8) is 0 Å². The fraction of sp³-hybridized carbons (Fsp3) is 0.222. The Labute approximate surface area is 182 Å². The van der Waals surface area contributed by atoms with Crippen molar-refractivity contribution in [3.8, 4) is 11.3 Å². The summed E-state index contributed by atoms with van der Waals surface area (Å²) in [5.41, 5.74) is 6.63. The number of hydrogen-bond acceptors (Lipinski definition) is 1. The highest BCUT2D eigenvalue weighted by Gasteiger charge is 2.26. The van der Waals surface area contributed by atoms with Crippen LogP contribution in [0.5, 0.6) is 0 Å². The van der Waals surface area contributed by atoms with Gasteiger partial charge in [0.05, 0.1) is 19.0 Å². The van der Waals surface area contributed by atoms with Gasteiger partial charge in [-0.1, -0.05) is 49.1 Å². The Morgan fingerprint density at radius 1 is 0.871 bits per heavy atom. The molecule has 0 bridgehead atoms. The Morgan fingerprint density at radius 3 is 2.35 bits per heavy atom. The van der Waals surface area contributed by atoms with Gasteiger partial charge >= 0.3 is 0 Å². The van der Waals surface area contributed by atoms with Gasteiger partial charge in [-0.25, -0.2) is 4.39 Å². The van der Waals surface area contributed by atoms with Crippen molar-refractivity contribution < 1.29 is 13.4 Å². The van der Waals surface area contributed by atoms with E-state index in [-0.39, 0.29) is 5.82 Å². The lowest BCUT2D eigenvalue weighted by Crippen LogP contribution is -2.39. The minimum atomic E-state index is -1.53. The smallest absolute Gasteiger partial charge is 0.219 e. The van der Waals surface area contributed by atoms with Gasteiger partial charge in [-0.2, -0.15) is 4.57 Å². The van der Waals surface area contributed by atoms with E-state index < -0.39 is 8.07 Å². The Hall–Kier alpha value is -2.98. The minimum Gasteiger partial charge on any atom is -0.455 e. The zero-order valence-corrected chi connectivity index (χ0v) is 19.9. The molecule has 3 aromatic carbocycles. The number of pyridine rings is 1. The lowest BCUT2D eigenvalue weighted by Gasteiger charge is -2.17. The Balaban J connectivity index is 1.88. The standard InChI is InChI=1S/C27H27FNOSi/c1-16-13-20-19-9-7-8-10-25(19)30-27(20)26(17(16)2)24-15-22(28)21-14-18(31(4,5)6)11-12-23(21)29(24)3/h7-15H,1-6H3/q+1. The third-order valence-corrected chi connectivity index (χ3v) is 8.59. The highest BCUT2D eigenvalue weighted by Crippen LogP contribution is 2.39. The van der Waals surface area contributed by atoms with Crippen LogP contribution in [0.15, 0.2) is 59.0 Å². The highest BCUT2D eigenvalue weighted by atomic mass is 28.3. The molecule has 5 rings (SSSR count). The van der Waals surface area contributed by atoms with E-state index in [1.54, 1.807) is 6.07 Å². The first kappa shape index (κ1) is 19.9. The molecule has 0 spiro atoms. The van der Waals surface area contributed by atoms with E-state index in [1.165, 1.54) is 10.8 Å². The molecule has 31 heavy (non-hydrogen) atoms. The fourth-order valence-electron chi connectivity index (χ4n) is 4.55. The molecule has 2 aromatic heterocycles. The average molecular weight is 429 g/mol. The van der Waals surface area contributed by atoms with E-state index in [4.69, 9.17) is 4.42 Å². The molecule has 0 amide bonds. The molecule has 0 saturated carbocycles. The first-order valence-electron chi connectivity index (χ1n) is 10.7. The van der Waals surface area contributed by atoms with Crippen LogP contribution in [0.1, 0.15) is 11.1 Å². The summed E-state index contributed by atoms with van der Waals surface area (Å²) in [5.74, 6) is -0.187. The first-order chi connectivity index (χ1) is 14.7. The number of aryl methyl sites for hydroxylation is 2. The second-order valence-electron chi connectivity index (χ2n) is 9.59. The Kier molecular flexibility index (Phi) is 4.35. The van der Waals surface area contributed by atoms with Gasteiger partial charge < -0.3 is 4.42 Å².